The predicted octanol–water partition coefficient (Wildman–Crippen LogP) is 5.51. The molecule has 1 aliphatic carbocycles. The number of rotatable bonds is 8. The van der Waals surface area contributed by atoms with E-state index in [1.54, 1.807) is 29.1 Å². The van der Waals surface area contributed by atoms with Crippen LogP contribution >= 0.6 is 34.8 Å². The lowest BCUT2D eigenvalue weighted by Gasteiger charge is -2.19. The summed E-state index contributed by atoms with van der Waals surface area (Å²) in [7, 11) is -2.64. The summed E-state index contributed by atoms with van der Waals surface area (Å²) in [6.45, 7) is -0.128. The van der Waals surface area contributed by atoms with Crippen LogP contribution in [0, 0.1) is 0 Å². The predicted molar refractivity (Wildman–Crippen MR) is 142 cm³/mol. The Balaban J connectivity index is 1.49. The van der Waals surface area contributed by atoms with Crippen LogP contribution in [-0.4, -0.2) is 43.5 Å². The molecule has 1 aromatic heterocycles. The molecule has 2 aromatic carbocycles. The van der Waals surface area contributed by atoms with Crippen LogP contribution in [0.1, 0.15) is 29.7 Å². The molecule has 4 rings (SSSR count). The number of carbonyl (C=O) groups excluding carboxylic acids is 1. The molecule has 3 aromatic rings. The van der Waals surface area contributed by atoms with Crippen molar-refractivity contribution in [3.63, 3.8) is 0 Å². The van der Waals surface area contributed by atoms with E-state index >= 15 is 4.39 Å². The molecule has 0 atom stereocenters. The first-order valence-corrected chi connectivity index (χ1v) is 14.1. The number of nitrogens with one attached hydrogen (secondary N) is 1. The van der Waals surface area contributed by atoms with Crippen molar-refractivity contribution in [1.82, 2.24) is 15.1 Å². The summed E-state index contributed by atoms with van der Waals surface area (Å²) in [6, 6.07) is 9.04. The lowest BCUT2D eigenvalue weighted by Crippen LogP contribution is -2.31. The van der Waals surface area contributed by atoms with Gasteiger partial charge in [-0.3, -0.25) is 9.48 Å². The number of hydrogen-bond acceptors (Lipinski definition) is 5. The van der Waals surface area contributed by atoms with E-state index in [0.29, 0.717) is 34.3 Å². The molecule has 0 fully saturated rings. The first kappa shape index (κ1) is 27.4. The molecule has 0 saturated carbocycles. The van der Waals surface area contributed by atoms with Crippen LogP contribution in [0.2, 0.25) is 15.1 Å². The van der Waals surface area contributed by atoms with Gasteiger partial charge in [-0.1, -0.05) is 40.9 Å². The number of sulfone groups is 1. The quantitative estimate of drug-likeness (QED) is 0.376. The number of benzene rings is 2. The molecule has 196 valence electrons. The van der Waals surface area contributed by atoms with E-state index < -0.39 is 33.9 Å². The SMILES string of the molecule is COc1cc(S(=O)(=O)CC(=O)NC/C(F)=C2\CCCc3cnn(Cc4ccc(Cl)cc4Cl)c32)ccc1Cl. The number of halogens is 4. The Hall–Kier alpha value is -2.59. The number of aromatic nitrogens is 2. The molecule has 1 heterocycles. The van der Waals surface area contributed by atoms with Gasteiger partial charge in [0.2, 0.25) is 5.91 Å². The van der Waals surface area contributed by atoms with Crippen molar-refractivity contribution in [3.05, 3.63) is 80.3 Å². The monoisotopic (exact) mass is 585 g/mol. The second-order valence-electron chi connectivity index (χ2n) is 8.48. The lowest BCUT2D eigenvalue weighted by atomic mass is 9.92. The first-order valence-electron chi connectivity index (χ1n) is 11.3. The fraction of sp³-hybridized carbons (Fsp3) is 0.280. The van der Waals surface area contributed by atoms with Gasteiger partial charge in [0.05, 0.1) is 42.0 Å². The molecular weight excluding hydrogens is 564 g/mol. The third-order valence-electron chi connectivity index (χ3n) is 5.98. The van der Waals surface area contributed by atoms with Crippen LogP contribution < -0.4 is 10.1 Å². The van der Waals surface area contributed by atoms with Gasteiger partial charge in [0.25, 0.3) is 0 Å². The Kier molecular flexibility index (Phi) is 8.48. The molecule has 1 aliphatic rings. The Morgan fingerprint density at radius 1 is 1.14 bits per heavy atom. The van der Waals surface area contributed by atoms with Gasteiger partial charge in [0, 0.05) is 21.7 Å². The summed E-state index contributed by atoms with van der Waals surface area (Å²) in [5.74, 6) is -2.06. The van der Waals surface area contributed by atoms with E-state index in [4.69, 9.17) is 39.5 Å². The standard InChI is InChI=1S/C25H23Cl3FN3O4S/c1-36-23-10-18(7-8-20(23)27)37(34,35)14-24(33)30-12-22(29)19-4-2-3-15-11-31-32(25(15)19)13-16-5-6-17(26)9-21(16)28/h5-11H,2-4,12-14H2,1H3,(H,30,33)/b22-19-. The minimum absolute atomic E-state index is 0.121. The highest BCUT2D eigenvalue weighted by Gasteiger charge is 2.25. The van der Waals surface area contributed by atoms with Crippen LogP contribution in [0.15, 0.2) is 53.3 Å². The van der Waals surface area contributed by atoms with Gasteiger partial charge in [-0.05, 0) is 54.7 Å². The Morgan fingerprint density at radius 2 is 1.92 bits per heavy atom. The Bertz CT molecular complexity index is 1490. The van der Waals surface area contributed by atoms with Gasteiger partial charge in [-0.15, -0.1) is 0 Å². The molecule has 1 amide bonds. The Labute approximate surface area is 229 Å². The average Bonchev–Trinajstić information content (AvgIpc) is 3.27. The van der Waals surface area contributed by atoms with Crippen LogP contribution in [-0.2, 0) is 27.6 Å². The number of hydrogen-bond donors (Lipinski definition) is 1. The van der Waals surface area contributed by atoms with Crippen molar-refractivity contribution < 1.29 is 22.3 Å². The van der Waals surface area contributed by atoms with Crippen LogP contribution in [0.4, 0.5) is 4.39 Å². The molecule has 0 aliphatic heterocycles. The van der Waals surface area contributed by atoms with Crippen molar-refractivity contribution in [2.75, 3.05) is 19.4 Å². The van der Waals surface area contributed by atoms with Crippen LogP contribution in [0.25, 0.3) is 5.57 Å². The zero-order valence-corrected chi connectivity index (χ0v) is 22.8. The highest BCUT2D eigenvalue weighted by atomic mass is 35.5. The van der Waals surface area contributed by atoms with Gasteiger partial charge in [0.1, 0.15) is 17.3 Å². The molecule has 0 radical (unpaired) electrons. The minimum Gasteiger partial charge on any atom is -0.495 e. The number of methoxy groups -OCH3 is 1. The van der Waals surface area contributed by atoms with E-state index in [2.05, 4.69) is 10.4 Å². The summed E-state index contributed by atoms with van der Waals surface area (Å²) in [5.41, 5.74) is 2.74. The molecule has 0 unspecified atom stereocenters. The largest absolute Gasteiger partial charge is 0.495 e. The summed E-state index contributed by atoms with van der Waals surface area (Å²) < 4.78 is 47.4. The highest BCUT2D eigenvalue weighted by Crippen LogP contribution is 2.34. The molecule has 0 bridgehead atoms. The fourth-order valence-electron chi connectivity index (χ4n) is 4.15. The third-order valence-corrected chi connectivity index (χ3v) is 8.49. The second-order valence-corrected chi connectivity index (χ2v) is 11.7. The number of amides is 1. The maximum absolute atomic E-state index is 15.4. The van der Waals surface area contributed by atoms with Crippen molar-refractivity contribution in [3.8, 4) is 5.75 Å². The van der Waals surface area contributed by atoms with Gasteiger partial charge < -0.3 is 10.1 Å². The van der Waals surface area contributed by atoms with Crippen molar-refractivity contribution in [1.29, 1.82) is 0 Å². The summed E-state index contributed by atoms with van der Waals surface area (Å²) >= 11 is 18.2. The zero-order chi connectivity index (χ0) is 26.7. The fourth-order valence-corrected chi connectivity index (χ4v) is 5.99. The topological polar surface area (TPSA) is 90.3 Å². The minimum atomic E-state index is -4.00. The lowest BCUT2D eigenvalue weighted by molar-refractivity contribution is -0.118. The van der Waals surface area contributed by atoms with Crippen LogP contribution in [0.5, 0.6) is 5.75 Å². The second kappa shape index (κ2) is 11.4. The summed E-state index contributed by atoms with van der Waals surface area (Å²) in [6.07, 6.45) is 3.63. The molecular formula is C25H23Cl3FN3O4S. The molecule has 0 saturated heterocycles. The normalized spacial score (nSPS) is 14.7. The van der Waals surface area contributed by atoms with E-state index in [1.807, 2.05) is 0 Å². The van der Waals surface area contributed by atoms with Crippen molar-refractivity contribution in [2.45, 2.75) is 30.7 Å². The zero-order valence-electron chi connectivity index (χ0n) is 19.7. The number of nitrogens with zero attached hydrogens (tertiary/aromatic N) is 2. The van der Waals surface area contributed by atoms with Crippen molar-refractivity contribution >= 4 is 56.1 Å². The van der Waals surface area contributed by atoms with Gasteiger partial charge in [-0.25, -0.2) is 12.8 Å². The number of fused-ring (bicyclic) bond motifs is 1. The van der Waals surface area contributed by atoms with E-state index in [0.717, 1.165) is 24.0 Å². The van der Waals surface area contributed by atoms with E-state index in [1.165, 1.54) is 25.3 Å². The smallest absolute Gasteiger partial charge is 0.235 e. The van der Waals surface area contributed by atoms with Crippen LogP contribution in [0.3, 0.4) is 0 Å². The highest BCUT2D eigenvalue weighted by molar-refractivity contribution is 7.92. The van der Waals surface area contributed by atoms with Gasteiger partial charge in [-0.2, -0.15) is 5.10 Å². The number of ether oxygens (including phenoxy) is 1. The van der Waals surface area contributed by atoms with E-state index in [-0.39, 0.29) is 15.7 Å². The van der Waals surface area contributed by atoms with Gasteiger partial charge >= 0.3 is 0 Å². The van der Waals surface area contributed by atoms with E-state index in [9.17, 15) is 13.2 Å². The van der Waals surface area contributed by atoms with Crippen molar-refractivity contribution in [2.24, 2.45) is 0 Å². The molecule has 12 heteroatoms. The van der Waals surface area contributed by atoms with Gasteiger partial charge in [0.15, 0.2) is 9.84 Å². The Morgan fingerprint density at radius 3 is 2.65 bits per heavy atom. The number of allylic oxidation sites excluding steroid dienone is 1. The summed E-state index contributed by atoms with van der Waals surface area (Å²) in [4.78, 5) is 12.3. The number of aryl methyl sites for hydroxylation is 1. The summed E-state index contributed by atoms with van der Waals surface area (Å²) in [5, 5.41) is 8.03. The third kappa shape index (κ3) is 6.29. The first-order chi connectivity index (χ1) is 17.6. The molecule has 1 N–H and O–H groups in total. The maximum atomic E-state index is 15.4. The molecule has 37 heavy (non-hydrogen) atoms. The average molecular weight is 587 g/mol. The number of carbonyl (C=O) groups is 1. The maximum Gasteiger partial charge on any atom is 0.235 e. The molecule has 0 spiro atoms. The molecule has 7 nitrogen and oxygen atoms in total.